The maximum Gasteiger partial charge on any atom is 0.252 e. The molecule has 1 saturated heterocycles. The SMILES string of the molecule is O=C(NCc1ccccc1CN1CCOCC1)c1ccccc1I. The molecule has 1 fully saturated rings. The first-order valence-corrected chi connectivity index (χ1v) is 9.21. The maximum absolute atomic E-state index is 12.4. The van der Waals surface area contributed by atoms with Crippen LogP contribution in [0.4, 0.5) is 0 Å². The Balaban J connectivity index is 1.64. The van der Waals surface area contributed by atoms with Crippen LogP contribution in [0, 0.1) is 3.57 Å². The van der Waals surface area contributed by atoms with Crippen molar-refractivity contribution in [2.45, 2.75) is 13.1 Å². The molecule has 0 bridgehead atoms. The van der Waals surface area contributed by atoms with Crippen molar-refractivity contribution < 1.29 is 9.53 Å². The molecule has 0 radical (unpaired) electrons. The molecule has 126 valence electrons. The van der Waals surface area contributed by atoms with Gasteiger partial charge < -0.3 is 10.1 Å². The summed E-state index contributed by atoms with van der Waals surface area (Å²) in [6, 6.07) is 15.9. The van der Waals surface area contributed by atoms with Crippen molar-refractivity contribution in [1.29, 1.82) is 0 Å². The summed E-state index contributed by atoms with van der Waals surface area (Å²) in [6.07, 6.45) is 0. The third kappa shape index (κ3) is 4.55. The van der Waals surface area contributed by atoms with Gasteiger partial charge in [-0.25, -0.2) is 0 Å². The van der Waals surface area contributed by atoms with Crippen molar-refractivity contribution in [2.75, 3.05) is 26.3 Å². The Kier molecular flexibility index (Phi) is 6.23. The number of ether oxygens (including phenoxy) is 1. The number of hydrogen-bond donors (Lipinski definition) is 1. The highest BCUT2D eigenvalue weighted by Crippen LogP contribution is 2.14. The fourth-order valence-electron chi connectivity index (χ4n) is 2.80. The zero-order chi connectivity index (χ0) is 16.8. The zero-order valence-electron chi connectivity index (χ0n) is 13.5. The van der Waals surface area contributed by atoms with Crippen molar-refractivity contribution in [3.05, 3.63) is 68.8 Å². The van der Waals surface area contributed by atoms with Crippen molar-refractivity contribution in [3.63, 3.8) is 0 Å². The van der Waals surface area contributed by atoms with Crippen LogP contribution in [0.3, 0.4) is 0 Å². The lowest BCUT2D eigenvalue weighted by atomic mass is 10.1. The number of hydrogen-bond acceptors (Lipinski definition) is 3. The van der Waals surface area contributed by atoms with Gasteiger partial charge in [-0.1, -0.05) is 36.4 Å². The fraction of sp³-hybridized carbons (Fsp3) is 0.316. The lowest BCUT2D eigenvalue weighted by Crippen LogP contribution is -2.36. The normalized spacial score (nSPS) is 15.2. The van der Waals surface area contributed by atoms with Gasteiger partial charge in [0.1, 0.15) is 0 Å². The number of benzene rings is 2. The lowest BCUT2D eigenvalue weighted by molar-refractivity contribution is 0.0340. The third-order valence-electron chi connectivity index (χ3n) is 4.17. The molecule has 2 aromatic carbocycles. The Labute approximate surface area is 156 Å². The first-order chi connectivity index (χ1) is 11.7. The van der Waals surface area contributed by atoms with Gasteiger partial charge in [0, 0.05) is 29.7 Å². The van der Waals surface area contributed by atoms with Crippen molar-refractivity contribution in [2.24, 2.45) is 0 Å². The molecule has 0 unspecified atom stereocenters. The molecule has 0 aromatic heterocycles. The van der Waals surface area contributed by atoms with Gasteiger partial charge in [-0.3, -0.25) is 9.69 Å². The van der Waals surface area contributed by atoms with E-state index in [-0.39, 0.29) is 5.91 Å². The smallest absolute Gasteiger partial charge is 0.252 e. The largest absolute Gasteiger partial charge is 0.379 e. The minimum Gasteiger partial charge on any atom is -0.379 e. The second-order valence-corrected chi connectivity index (χ2v) is 6.98. The summed E-state index contributed by atoms with van der Waals surface area (Å²) in [5.74, 6) is -0.0267. The Hall–Kier alpha value is -1.44. The topological polar surface area (TPSA) is 41.6 Å². The second-order valence-electron chi connectivity index (χ2n) is 5.82. The Bertz CT molecular complexity index is 699. The fourth-order valence-corrected chi connectivity index (χ4v) is 3.43. The molecule has 5 heteroatoms. The van der Waals surface area contributed by atoms with Crippen molar-refractivity contribution in [1.82, 2.24) is 10.2 Å². The number of nitrogens with one attached hydrogen (secondary N) is 1. The third-order valence-corrected chi connectivity index (χ3v) is 5.11. The Morgan fingerprint density at radius 2 is 1.71 bits per heavy atom. The number of halogens is 1. The molecule has 4 nitrogen and oxygen atoms in total. The van der Waals surface area contributed by atoms with E-state index in [9.17, 15) is 4.79 Å². The molecule has 0 aliphatic carbocycles. The van der Waals surface area contributed by atoms with Gasteiger partial charge in [-0.05, 0) is 45.9 Å². The summed E-state index contributed by atoms with van der Waals surface area (Å²) in [4.78, 5) is 14.8. The summed E-state index contributed by atoms with van der Waals surface area (Å²) in [7, 11) is 0. The number of amides is 1. The van der Waals surface area contributed by atoms with E-state index in [4.69, 9.17) is 4.74 Å². The second kappa shape index (κ2) is 8.60. The first kappa shape index (κ1) is 17.4. The molecule has 24 heavy (non-hydrogen) atoms. The van der Waals surface area contributed by atoms with E-state index in [1.165, 1.54) is 11.1 Å². The monoisotopic (exact) mass is 436 g/mol. The molecule has 1 amide bonds. The minimum atomic E-state index is -0.0267. The molecular formula is C19H21IN2O2. The van der Waals surface area contributed by atoms with Crippen LogP contribution in [-0.4, -0.2) is 37.1 Å². The van der Waals surface area contributed by atoms with Gasteiger partial charge in [-0.15, -0.1) is 0 Å². The maximum atomic E-state index is 12.4. The Morgan fingerprint density at radius 1 is 1.04 bits per heavy atom. The summed E-state index contributed by atoms with van der Waals surface area (Å²) in [5.41, 5.74) is 3.16. The number of rotatable bonds is 5. The van der Waals surface area contributed by atoms with Crippen molar-refractivity contribution in [3.8, 4) is 0 Å². The molecule has 2 aromatic rings. The molecule has 3 rings (SSSR count). The summed E-state index contributed by atoms with van der Waals surface area (Å²) in [6.45, 7) is 4.96. The molecular weight excluding hydrogens is 415 g/mol. The minimum absolute atomic E-state index is 0.0267. The molecule has 1 aliphatic rings. The van der Waals surface area contributed by atoms with Gasteiger partial charge >= 0.3 is 0 Å². The predicted molar refractivity (Wildman–Crippen MR) is 103 cm³/mol. The average Bonchev–Trinajstić information content (AvgIpc) is 2.62. The number of carbonyl (C=O) groups excluding carboxylic acids is 1. The van der Waals surface area contributed by atoms with E-state index in [1.807, 2.05) is 30.3 Å². The van der Waals surface area contributed by atoms with Crippen LogP contribution in [0.15, 0.2) is 48.5 Å². The standard InChI is InChI=1S/C19H21IN2O2/c20-18-8-4-3-7-17(18)19(23)21-13-15-5-1-2-6-16(15)14-22-9-11-24-12-10-22/h1-8H,9-14H2,(H,21,23). The van der Waals surface area contributed by atoms with Gasteiger partial charge in [0.05, 0.1) is 18.8 Å². The molecule has 1 heterocycles. The van der Waals surface area contributed by atoms with Crippen LogP contribution in [-0.2, 0) is 17.8 Å². The van der Waals surface area contributed by atoms with Crippen LogP contribution < -0.4 is 5.32 Å². The van der Waals surface area contributed by atoms with Crippen LogP contribution in [0.5, 0.6) is 0 Å². The van der Waals surface area contributed by atoms with E-state index in [0.717, 1.165) is 42.0 Å². The van der Waals surface area contributed by atoms with Crippen LogP contribution in [0.2, 0.25) is 0 Å². The van der Waals surface area contributed by atoms with Gasteiger partial charge in [0.25, 0.3) is 5.91 Å². The van der Waals surface area contributed by atoms with E-state index < -0.39 is 0 Å². The van der Waals surface area contributed by atoms with E-state index >= 15 is 0 Å². The highest BCUT2D eigenvalue weighted by Gasteiger charge is 2.14. The number of carbonyl (C=O) groups is 1. The van der Waals surface area contributed by atoms with Crippen LogP contribution >= 0.6 is 22.6 Å². The summed E-state index contributed by atoms with van der Waals surface area (Å²) in [5, 5.41) is 3.05. The van der Waals surface area contributed by atoms with E-state index in [2.05, 4.69) is 51.0 Å². The molecule has 0 saturated carbocycles. The quantitative estimate of drug-likeness (QED) is 0.733. The predicted octanol–water partition coefficient (Wildman–Crippen LogP) is 3.05. The first-order valence-electron chi connectivity index (χ1n) is 8.13. The zero-order valence-corrected chi connectivity index (χ0v) is 15.7. The van der Waals surface area contributed by atoms with Gasteiger partial charge in [0.2, 0.25) is 0 Å². The highest BCUT2D eigenvalue weighted by atomic mass is 127. The number of morpholine rings is 1. The molecule has 1 N–H and O–H groups in total. The van der Waals surface area contributed by atoms with E-state index in [1.54, 1.807) is 0 Å². The molecule has 0 spiro atoms. The van der Waals surface area contributed by atoms with Crippen molar-refractivity contribution >= 4 is 28.5 Å². The number of nitrogens with zero attached hydrogens (tertiary/aromatic N) is 1. The van der Waals surface area contributed by atoms with Gasteiger partial charge in [0.15, 0.2) is 0 Å². The average molecular weight is 436 g/mol. The molecule has 1 aliphatic heterocycles. The van der Waals surface area contributed by atoms with Gasteiger partial charge in [-0.2, -0.15) is 0 Å². The Morgan fingerprint density at radius 3 is 2.46 bits per heavy atom. The highest BCUT2D eigenvalue weighted by molar-refractivity contribution is 14.1. The summed E-state index contributed by atoms with van der Waals surface area (Å²) < 4.78 is 6.37. The van der Waals surface area contributed by atoms with E-state index in [0.29, 0.717) is 6.54 Å². The van der Waals surface area contributed by atoms with Crippen LogP contribution in [0.1, 0.15) is 21.5 Å². The summed E-state index contributed by atoms with van der Waals surface area (Å²) >= 11 is 2.19. The van der Waals surface area contributed by atoms with Crippen LogP contribution in [0.25, 0.3) is 0 Å². The molecule has 0 atom stereocenters. The lowest BCUT2D eigenvalue weighted by Gasteiger charge is -2.27.